The smallest absolute Gasteiger partial charge is 0.550 e. The number of aliphatic carboxylic acids is 1. The summed E-state index contributed by atoms with van der Waals surface area (Å²) >= 11 is 0. The predicted octanol–water partition coefficient (Wildman–Crippen LogP) is -5.35. The molecule has 0 radical (unpaired) electrons. The Bertz CT molecular complexity index is 417. The molecule has 0 aromatic rings. The Kier molecular flexibility index (Phi) is 22.8. The van der Waals surface area contributed by atoms with Gasteiger partial charge in [0.2, 0.25) is 0 Å². The Morgan fingerprint density at radius 3 is 1.26 bits per heavy atom. The summed E-state index contributed by atoms with van der Waals surface area (Å²) < 4.78 is 34.0. The fourth-order valence-corrected chi connectivity index (χ4v) is 3.26. The van der Waals surface area contributed by atoms with E-state index in [4.69, 9.17) is 28.5 Å². The Morgan fingerprint density at radius 2 is 1.03 bits per heavy atom. The zero-order valence-electron chi connectivity index (χ0n) is 19.9. The Labute approximate surface area is 201 Å². The molecule has 1 saturated heterocycles. The first-order valence-corrected chi connectivity index (χ1v) is 10.9. The van der Waals surface area contributed by atoms with Gasteiger partial charge in [-0.1, -0.05) is 0 Å². The van der Waals surface area contributed by atoms with E-state index in [2.05, 4.69) is 62.8 Å². The topological polar surface area (TPSA) is 212 Å². The molecule has 1 aliphatic heterocycles. The van der Waals surface area contributed by atoms with Crippen molar-refractivity contribution in [1.29, 1.82) is 0 Å². The number of nitrogens with one attached hydrogen (secondary N) is 4. The molecule has 0 aromatic heterocycles. The van der Waals surface area contributed by atoms with E-state index in [-0.39, 0.29) is 36.0 Å². The first kappa shape index (κ1) is 38.3. The summed E-state index contributed by atoms with van der Waals surface area (Å²) in [5.74, 6) is -1.08. The van der Waals surface area contributed by atoms with Gasteiger partial charge in [0, 0.05) is 55.3 Å². The Hall–Kier alpha value is 0.0234. The van der Waals surface area contributed by atoms with Crippen molar-refractivity contribution in [3.05, 3.63) is 0 Å². The second kappa shape index (κ2) is 18.5. The molecule has 6 N–H and O–H groups in total. The first-order valence-electron chi connectivity index (χ1n) is 9.70. The molecule has 31 heavy (non-hydrogen) atoms. The molecule has 1 rings (SSSR count). The average Bonchev–Trinajstić information content (AvgIpc) is 2.44. The molecule has 0 aliphatic carbocycles. The fraction of sp³-hybridized carbons (Fsp3) is 0.944. The van der Waals surface area contributed by atoms with Gasteiger partial charge in [0.15, 0.2) is 0 Å². The van der Waals surface area contributed by atoms with Gasteiger partial charge in [-0.3, -0.25) is 0 Å². The molecular weight excluding hydrogens is 485 g/mol. The minimum Gasteiger partial charge on any atom is -0.550 e. The van der Waals surface area contributed by atoms with Gasteiger partial charge in [-0.25, -0.2) is 18.6 Å². The van der Waals surface area contributed by atoms with E-state index in [1.54, 1.807) is 0 Å². The van der Waals surface area contributed by atoms with Crippen molar-refractivity contribution in [2.75, 3.05) is 26.2 Å². The van der Waals surface area contributed by atoms with Crippen LogP contribution >= 0.6 is 0 Å². The molecule has 1 heterocycles. The van der Waals surface area contributed by atoms with Gasteiger partial charge in [0.05, 0.1) is 0 Å². The van der Waals surface area contributed by atoms with Gasteiger partial charge < -0.3 is 36.6 Å². The zero-order chi connectivity index (χ0) is 23.3. The van der Waals surface area contributed by atoms with Crippen LogP contribution in [0.15, 0.2) is 0 Å². The molecule has 184 valence electrons. The van der Waals surface area contributed by atoms with Crippen molar-refractivity contribution in [3.8, 4) is 0 Å². The van der Waals surface area contributed by atoms with Crippen LogP contribution in [0.2, 0.25) is 0 Å². The summed E-state index contributed by atoms with van der Waals surface area (Å²) in [5, 5.41) is 23.5. The molecule has 0 bridgehead atoms. The summed E-state index contributed by atoms with van der Waals surface area (Å²) in [6, 6.07) is 1.08. The van der Waals surface area contributed by atoms with Gasteiger partial charge in [0.25, 0.3) is 0 Å². The van der Waals surface area contributed by atoms with Crippen LogP contribution < -0.4 is 45.0 Å². The van der Waals surface area contributed by atoms with Crippen molar-refractivity contribution in [3.63, 3.8) is 0 Å². The van der Waals surface area contributed by atoms with E-state index >= 15 is 0 Å². The van der Waals surface area contributed by atoms with Crippen LogP contribution in [-0.4, -0.2) is 60.8 Å². The van der Waals surface area contributed by atoms with Crippen LogP contribution in [0.25, 0.3) is 0 Å². The number of rotatable bonds is 0. The molecule has 2 atom stereocenters. The summed E-state index contributed by atoms with van der Waals surface area (Å²) in [4.78, 5) is 8.89. The summed E-state index contributed by atoms with van der Waals surface area (Å²) in [6.07, 6.45) is 2.29. The molecule has 13 heteroatoms. The minimum absolute atomic E-state index is 0. The van der Waals surface area contributed by atoms with Crippen LogP contribution in [0.3, 0.4) is 0 Å². The second-order valence-corrected chi connectivity index (χ2v) is 9.37. The molecule has 0 saturated carbocycles. The largest absolute Gasteiger partial charge is 2.00 e. The van der Waals surface area contributed by atoms with Crippen molar-refractivity contribution in [2.24, 2.45) is 0 Å². The standard InChI is InChI=1S/C16H36N4.C2H4O2.ClHO4.H2O.Zn/c1-13-11-15(3,4)19-10-8-18-14(2)12-16(5,6)20-9-7-17-13;1-2(3)4;2-1(3,4)5;;/h13-14,17-20H,7-12H2,1-6H3;1H3,(H,3,4);(H,2,3,4,5);1H2;/q;;;;+2/p-2/t13-,14+;;;;. The monoisotopic (exact) mass is 524 g/mol. The van der Waals surface area contributed by atoms with Crippen molar-refractivity contribution in [2.45, 2.75) is 84.5 Å². The SMILES string of the molecule is CC(=O)[O-].C[C@@H]1CC(C)(C)NCCN[C@@H](C)CC(C)(C)NCCN1.O.[O-][Cl+3]([O-])([O-])[O-].[Zn+2]. The third kappa shape index (κ3) is 34.8. The van der Waals surface area contributed by atoms with Crippen molar-refractivity contribution in [1.82, 2.24) is 21.3 Å². The van der Waals surface area contributed by atoms with Crippen molar-refractivity contribution < 1.29 is 63.7 Å². The normalized spacial score (nSPS) is 24.2. The Morgan fingerprint density at radius 1 is 0.806 bits per heavy atom. The van der Waals surface area contributed by atoms with Crippen LogP contribution in [0.1, 0.15) is 61.3 Å². The zero-order valence-corrected chi connectivity index (χ0v) is 23.7. The number of carbonyl (C=O) groups excluding carboxylic acids is 1. The summed E-state index contributed by atoms with van der Waals surface area (Å²) in [6.45, 7) is 18.8. The Balaban J connectivity index is -0.000000281. The molecule has 1 aliphatic rings. The predicted molar refractivity (Wildman–Crippen MR) is 103 cm³/mol. The van der Waals surface area contributed by atoms with Crippen LogP contribution in [0, 0.1) is 10.2 Å². The minimum atomic E-state index is -4.94. The van der Waals surface area contributed by atoms with Gasteiger partial charge in [-0.2, -0.15) is 0 Å². The van der Waals surface area contributed by atoms with E-state index in [9.17, 15) is 0 Å². The summed E-state index contributed by atoms with van der Waals surface area (Å²) in [7, 11) is -4.94. The molecule has 11 nitrogen and oxygen atoms in total. The van der Waals surface area contributed by atoms with Gasteiger partial charge >= 0.3 is 19.5 Å². The number of carboxylic acids is 1. The number of hydrogen-bond acceptors (Lipinski definition) is 10. The maximum atomic E-state index is 8.89. The van der Waals surface area contributed by atoms with E-state index in [1.165, 1.54) is 0 Å². The van der Waals surface area contributed by atoms with Crippen LogP contribution in [0.4, 0.5) is 0 Å². The van der Waals surface area contributed by atoms with Crippen LogP contribution in [-0.2, 0) is 24.3 Å². The average molecular weight is 526 g/mol. The third-order valence-electron chi connectivity index (χ3n) is 4.08. The van der Waals surface area contributed by atoms with E-state index in [0.29, 0.717) is 12.1 Å². The van der Waals surface area contributed by atoms with Gasteiger partial charge in [0.1, 0.15) is 0 Å². The molecule has 0 aromatic carbocycles. The number of halogens is 1. The maximum Gasteiger partial charge on any atom is 2.00 e. The molecule has 0 amide bonds. The number of carboxylic acid groups (broad SMARTS) is 1. The van der Waals surface area contributed by atoms with Gasteiger partial charge in [-0.15, -0.1) is 10.2 Å². The molecule has 1 fully saturated rings. The summed E-state index contributed by atoms with van der Waals surface area (Å²) in [5.41, 5.74) is 0.377. The molecule has 0 spiro atoms. The maximum absolute atomic E-state index is 8.89. The van der Waals surface area contributed by atoms with Gasteiger partial charge in [-0.05, 0) is 61.3 Å². The molecule has 0 unspecified atom stereocenters. The third-order valence-corrected chi connectivity index (χ3v) is 4.08. The first-order chi connectivity index (χ1) is 12.9. The molecular formula is C18H41ClN4O7Zn. The van der Waals surface area contributed by atoms with Crippen molar-refractivity contribution >= 4 is 5.97 Å². The van der Waals surface area contributed by atoms with E-state index in [0.717, 1.165) is 45.9 Å². The fourth-order valence-electron chi connectivity index (χ4n) is 3.26. The van der Waals surface area contributed by atoms with E-state index < -0.39 is 16.2 Å². The van der Waals surface area contributed by atoms with E-state index in [1.807, 2.05) is 0 Å². The quantitative estimate of drug-likeness (QED) is 0.220. The van der Waals surface area contributed by atoms with Crippen LogP contribution in [0.5, 0.6) is 0 Å². The number of carbonyl (C=O) groups is 1. The second-order valence-electron chi connectivity index (χ2n) is 8.61. The number of hydrogen-bond donors (Lipinski definition) is 4.